The van der Waals surface area contributed by atoms with E-state index in [9.17, 15) is 4.79 Å². The fraction of sp³-hybridized carbons (Fsp3) is 0.444. The molecule has 1 aromatic carbocycles. The topological polar surface area (TPSA) is 53.3 Å². The van der Waals surface area contributed by atoms with Crippen LogP contribution in [0.25, 0.3) is 0 Å². The van der Waals surface area contributed by atoms with Gasteiger partial charge < -0.3 is 14.0 Å². The zero-order valence-corrected chi connectivity index (χ0v) is 13.6. The lowest BCUT2D eigenvalue weighted by Crippen LogP contribution is -2.46. The second-order valence-electron chi connectivity index (χ2n) is 6.20. The maximum absolute atomic E-state index is 12.4. The highest BCUT2D eigenvalue weighted by Crippen LogP contribution is 2.31. The molecule has 23 heavy (non-hydrogen) atoms. The molecule has 1 aliphatic heterocycles. The van der Waals surface area contributed by atoms with Crippen molar-refractivity contribution in [2.45, 2.75) is 26.3 Å². The van der Waals surface area contributed by atoms with Gasteiger partial charge in [-0.3, -0.25) is 0 Å². The van der Waals surface area contributed by atoms with E-state index in [1.165, 1.54) is 0 Å². The van der Waals surface area contributed by atoms with E-state index in [0.29, 0.717) is 25.5 Å². The number of imidazole rings is 1. The number of benzene rings is 1. The minimum atomic E-state index is -0.329. The number of rotatable bonds is 6. The Morgan fingerprint density at radius 3 is 2.74 bits per heavy atom. The molecule has 5 heteroatoms. The number of ether oxygens (including phenoxy) is 2. The molecule has 2 aromatic rings. The number of carbonyl (C=O) groups excluding carboxylic acids is 1. The largest absolute Gasteiger partial charge is 0.460 e. The standard InChI is InChI=1S/C18H22N2O3/c1-3-18(10-22-11-18)12-23-17(21)16-9-19-13-20(16)14(2)15-7-5-4-6-8-15/h4-9,13-14H,3,10-12H2,1-2H3. The van der Waals surface area contributed by atoms with Gasteiger partial charge in [0.1, 0.15) is 12.3 Å². The molecule has 0 saturated carbocycles. The van der Waals surface area contributed by atoms with Crippen LogP contribution in [0.2, 0.25) is 0 Å². The molecule has 122 valence electrons. The number of hydrogen-bond acceptors (Lipinski definition) is 4. The number of aromatic nitrogens is 2. The minimum Gasteiger partial charge on any atom is -0.460 e. The summed E-state index contributed by atoms with van der Waals surface area (Å²) in [5, 5.41) is 0. The zero-order valence-electron chi connectivity index (χ0n) is 13.6. The number of nitrogens with zero attached hydrogens (tertiary/aromatic N) is 2. The van der Waals surface area contributed by atoms with E-state index in [0.717, 1.165) is 12.0 Å². The van der Waals surface area contributed by atoms with Crippen LogP contribution >= 0.6 is 0 Å². The molecule has 1 aliphatic rings. The van der Waals surface area contributed by atoms with Crippen molar-refractivity contribution >= 4 is 5.97 Å². The molecule has 3 rings (SSSR count). The first-order valence-corrected chi connectivity index (χ1v) is 7.97. The lowest BCUT2D eigenvalue weighted by molar-refractivity contribution is -0.140. The Kier molecular flexibility index (Phi) is 4.48. The van der Waals surface area contributed by atoms with Crippen molar-refractivity contribution in [3.63, 3.8) is 0 Å². The third kappa shape index (κ3) is 3.15. The van der Waals surface area contributed by atoms with Gasteiger partial charge in [-0.05, 0) is 18.9 Å². The first-order valence-electron chi connectivity index (χ1n) is 7.97. The molecule has 0 aliphatic carbocycles. The van der Waals surface area contributed by atoms with Crippen molar-refractivity contribution in [1.29, 1.82) is 0 Å². The summed E-state index contributed by atoms with van der Waals surface area (Å²) in [7, 11) is 0. The van der Waals surface area contributed by atoms with Gasteiger partial charge in [-0.1, -0.05) is 37.3 Å². The molecule has 0 amide bonds. The van der Waals surface area contributed by atoms with Gasteiger partial charge >= 0.3 is 5.97 Å². The summed E-state index contributed by atoms with van der Waals surface area (Å²) in [5.74, 6) is -0.329. The van der Waals surface area contributed by atoms with Gasteiger partial charge in [-0.2, -0.15) is 0 Å². The van der Waals surface area contributed by atoms with E-state index in [1.807, 2.05) is 41.8 Å². The Hall–Kier alpha value is -2.14. The van der Waals surface area contributed by atoms with Crippen LogP contribution in [-0.2, 0) is 9.47 Å². The predicted octanol–water partition coefficient (Wildman–Crippen LogP) is 3.08. The average molecular weight is 314 g/mol. The quantitative estimate of drug-likeness (QED) is 0.769. The van der Waals surface area contributed by atoms with Crippen LogP contribution in [-0.4, -0.2) is 35.3 Å². The molecule has 0 radical (unpaired) electrons. The van der Waals surface area contributed by atoms with Gasteiger partial charge in [-0.25, -0.2) is 9.78 Å². The Balaban J connectivity index is 1.71. The van der Waals surface area contributed by atoms with E-state index in [-0.39, 0.29) is 17.4 Å². The van der Waals surface area contributed by atoms with Gasteiger partial charge in [-0.15, -0.1) is 0 Å². The summed E-state index contributed by atoms with van der Waals surface area (Å²) in [4.78, 5) is 16.6. The van der Waals surface area contributed by atoms with Gasteiger partial charge in [0.25, 0.3) is 0 Å². The molecule has 5 nitrogen and oxygen atoms in total. The normalized spacial score (nSPS) is 17.3. The molecule has 1 saturated heterocycles. The highest BCUT2D eigenvalue weighted by molar-refractivity contribution is 5.87. The van der Waals surface area contributed by atoms with Crippen molar-refractivity contribution in [3.8, 4) is 0 Å². The smallest absolute Gasteiger partial charge is 0.356 e. The van der Waals surface area contributed by atoms with Crippen LogP contribution in [0.4, 0.5) is 0 Å². The van der Waals surface area contributed by atoms with Crippen LogP contribution in [0.15, 0.2) is 42.9 Å². The van der Waals surface area contributed by atoms with E-state index >= 15 is 0 Å². The summed E-state index contributed by atoms with van der Waals surface area (Å²) in [6.45, 7) is 5.86. The Morgan fingerprint density at radius 1 is 1.39 bits per heavy atom. The molecular weight excluding hydrogens is 292 g/mol. The second-order valence-corrected chi connectivity index (χ2v) is 6.20. The molecule has 1 atom stereocenters. The van der Waals surface area contributed by atoms with Crippen molar-refractivity contribution in [1.82, 2.24) is 9.55 Å². The lowest BCUT2D eigenvalue weighted by Gasteiger charge is -2.39. The summed E-state index contributed by atoms with van der Waals surface area (Å²) < 4.78 is 12.6. The van der Waals surface area contributed by atoms with Crippen molar-refractivity contribution in [2.24, 2.45) is 5.41 Å². The van der Waals surface area contributed by atoms with Gasteiger partial charge in [0.05, 0.1) is 37.2 Å². The van der Waals surface area contributed by atoms with Gasteiger partial charge in [0, 0.05) is 0 Å². The molecule has 1 aromatic heterocycles. The number of esters is 1. The fourth-order valence-corrected chi connectivity index (χ4v) is 2.74. The Morgan fingerprint density at radius 2 is 2.13 bits per heavy atom. The highest BCUT2D eigenvalue weighted by Gasteiger charge is 2.38. The van der Waals surface area contributed by atoms with Crippen LogP contribution < -0.4 is 0 Å². The van der Waals surface area contributed by atoms with E-state index in [4.69, 9.17) is 9.47 Å². The molecule has 0 N–H and O–H groups in total. The summed E-state index contributed by atoms with van der Waals surface area (Å²) in [6.07, 6.45) is 4.19. The minimum absolute atomic E-state index is 0.00838. The van der Waals surface area contributed by atoms with Gasteiger partial charge in [0.15, 0.2) is 0 Å². The third-order valence-corrected chi connectivity index (χ3v) is 4.65. The average Bonchev–Trinajstić information content (AvgIpc) is 3.04. The maximum atomic E-state index is 12.4. The monoisotopic (exact) mass is 314 g/mol. The van der Waals surface area contributed by atoms with E-state index < -0.39 is 0 Å². The maximum Gasteiger partial charge on any atom is 0.356 e. The SMILES string of the molecule is CCC1(COC(=O)c2cncn2C(C)c2ccccc2)COC1. The Bertz CT molecular complexity index is 656. The number of carbonyl (C=O) groups is 1. The van der Waals surface area contributed by atoms with E-state index in [1.54, 1.807) is 12.5 Å². The highest BCUT2D eigenvalue weighted by atomic mass is 16.5. The molecule has 1 fully saturated rings. The van der Waals surface area contributed by atoms with Crippen molar-refractivity contribution < 1.29 is 14.3 Å². The van der Waals surface area contributed by atoms with E-state index in [2.05, 4.69) is 11.9 Å². The first kappa shape index (κ1) is 15.7. The predicted molar refractivity (Wildman–Crippen MR) is 86.3 cm³/mol. The zero-order chi connectivity index (χ0) is 16.3. The molecule has 1 unspecified atom stereocenters. The van der Waals surface area contributed by atoms with Crippen LogP contribution in [0, 0.1) is 5.41 Å². The fourth-order valence-electron chi connectivity index (χ4n) is 2.74. The molecule has 0 spiro atoms. The summed E-state index contributed by atoms with van der Waals surface area (Å²) in [5.41, 5.74) is 1.59. The second kappa shape index (κ2) is 6.54. The number of hydrogen-bond donors (Lipinski definition) is 0. The molecular formula is C18H22N2O3. The van der Waals surface area contributed by atoms with Gasteiger partial charge in [0.2, 0.25) is 0 Å². The van der Waals surface area contributed by atoms with Crippen molar-refractivity contribution in [2.75, 3.05) is 19.8 Å². The lowest BCUT2D eigenvalue weighted by atomic mass is 9.84. The van der Waals surface area contributed by atoms with Crippen molar-refractivity contribution in [3.05, 3.63) is 54.1 Å². The van der Waals surface area contributed by atoms with Crippen LogP contribution in [0.1, 0.15) is 42.4 Å². The summed E-state index contributed by atoms with van der Waals surface area (Å²) >= 11 is 0. The molecule has 0 bridgehead atoms. The Labute approximate surface area is 136 Å². The van der Waals surface area contributed by atoms with Crippen LogP contribution in [0.5, 0.6) is 0 Å². The summed E-state index contributed by atoms with van der Waals surface area (Å²) in [6, 6.07) is 10.1. The van der Waals surface area contributed by atoms with Crippen LogP contribution in [0.3, 0.4) is 0 Å². The first-order chi connectivity index (χ1) is 11.2. The third-order valence-electron chi connectivity index (χ3n) is 4.65. The molecule has 2 heterocycles.